The van der Waals surface area contributed by atoms with E-state index < -0.39 is 0 Å². The molecule has 2 aromatic rings. The van der Waals surface area contributed by atoms with Crippen molar-refractivity contribution in [3.63, 3.8) is 0 Å². The lowest BCUT2D eigenvalue weighted by Crippen LogP contribution is -3.14. The van der Waals surface area contributed by atoms with Gasteiger partial charge in [0, 0.05) is 5.02 Å². The Hall–Kier alpha value is -2.24. The Balaban J connectivity index is 1.69. The molecule has 5 nitrogen and oxygen atoms in total. The second kappa shape index (κ2) is 10.2. The van der Waals surface area contributed by atoms with Gasteiger partial charge in [0.25, 0.3) is 5.91 Å². The minimum absolute atomic E-state index is 0.0388. The number of rotatable bonds is 7. The number of halogens is 1. The Kier molecular flexibility index (Phi) is 7.62. The maximum absolute atomic E-state index is 12.7. The summed E-state index contributed by atoms with van der Waals surface area (Å²) in [7, 11) is 0. The molecule has 2 aromatic carbocycles. The van der Waals surface area contributed by atoms with Crippen molar-refractivity contribution in [1.29, 1.82) is 0 Å². The van der Waals surface area contributed by atoms with Crippen LogP contribution in [0.1, 0.15) is 37.8 Å². The number of piperazine rings is 1. The van der Waals surface area contributed by atoms with E-state index in [0.717, 1.165) is 61.0 Å². The average molecular weight is 431 g/mol. The van der Waals surface area contributed by atoms with Crippen molar-refractivity contribution in [3.8, 4) is 5.75 Å². The van der Waals surface area contributed by atoms with Gasteiger partial charge >= 0.3 is 0 Å². The molecule has 162 valence electrons. The fourth-order valence-electron chi connectivity index (χ4n) is 3.87. The number of aryl methyl sites for hydroxylation is 1. The van der Waals surface area contributed by atoms with Crippen molar-refractivity contribution >= 4 is 28.9 Å². The highest BCUT2D eigenvalue weighted by atomic mass is 35.5. The number of nitrogens with zero attached hydrogens (tertiary/aromatic N) is 1. The predicted molar refractivity (Wildman–Crippen MR) is 124 cm³/mol. The lowest BCUT2D eigenvalue weighted by molar-refractivity contribution is -0.898. The van der Waals surface area contributed by atoms with Gasteiger partial charge in [0.05, 0.1) is 44.1 Å². The van der Waals surface area contributed by atoms with Gasteiger partial charge in [-0.05, 0) is 55.2 Å². The van der Waals surface area contributed by atoms with Crippen molar-refractivity contribution in [2.75, 3.05) is 49.5 Å². The topological polar surface area (TPSA) is 46.0 Å². The van der Waals surface area contributed by atoms with Crippen molar-refractivity contribution in [1.82, 2.24) is 0 Å². The Morgan fingerprint density at radius 3 is 2.60 bits per heavy atom. The summed E-state index contributed by atoms with van der Waals surface area (Å²) in [5.74, 6) is 0.907. The van der Waals surface area contributed by atoms with Crippen LogP contribution in [0.15, 0.2) is 36.4 Å². The second-order valence-electron chi connectivity index (χ2n) is 8.28. The lowest BCUT2D eigenvalue weighted by atomic mass is 10.0. The molecule has 0 bridgehead atoms. The molecule has 0 aromatic heterocycles. The van der Waals surface area contributed by atoms with Gasteiger partial charge in [0.1, 0.15) is 5.75 Å². The first-order valence-electron chi connectivity index (χ1n) is 10.8. The molecule has 3 rings (SSSR count). The summed E-state index contributed by atoms with van der Waals surface area (Å²) in [5, 5.41) is 3.62. The fraction of sp³-hybridized carbons (Fsp3) is 0.458. The Morgan fingerprint density at radius 1 is 1.20 bits per heavy atom. The molecule has 0 unspecified atom stereocenters. The maximum Gasteiger partial charge on any atom is 0.262 e. The molecule has 30 heavy (non-hydrogen) atoms. The summed E-state index contributed by atoms with van der Waals surface area (Å²) < 4.78 is 5.90. The van der Waals surface area contributed by atoms with E-state index in [2.05, 4.69) is 43.1 Å². The van der Waals surface area contributed by atoms with Crippen LogP contribution in [0.25, 0.3) is 0 Å². The number of anilines is 2. The Morgan fingerprint density at radius 2 is 1.93 bits per heavy atom. The minimum atomic E-state index is -0.187. The van der Waals surface area contributed by atoms with E-state index in [1.54, 1.807) is 4.90 Å². The first-order valence-corrected chi connectivity index (χ1v) is 11.2. The van der Waals surface area contributed by atoms with Crippen molar-refractivity contribution in [2.24, 2.45) is 0 Å². The van der Waals surface area contributed by atoms with E-state index in [4.69, 9.17) is 16.3 Å². The predicted octanol–water partition coefficient (Wildman–Crippen LogP) is 3.51. The van der Waals surface area contributed by atoms with Crippen molar-refractivity contribution < 1.29 is 14.4 Å². The van der Waals surface area contributed by atoms with Gasteiger partial charge in [0.2, 0.25) is 0 Å². The van der Waals surface area contributed by atoms with E-state index in [1.165, 1.54) is 0 Å². The number of hydrogen-bond acceptors (Lipinski definition) is 3. The van der Waals surface area contributed by atoms with E-state index in [0.29, 0.717) is 10.9 Å². The normalized spacial score (nSPS) is 14.8. The zero-order chi connectivity index (χ0) is 21.7. The molecule has 6 heteroatoms. The molecular weight excluding hydrogens is 398 g/mol. The molecule has 1 aliphatic rings. The van der Waals surface area contributed by atoms with Crippen LogP contribution in [-0.4, -0.2) is 45.2 Å². The molecule has 0 atom stereocenters. The lowest BCUT2D eigenvalue weighted by Gasteiger charge is -2.34. The largest absolute Gasteiger partial charge is 0.483 e. The summed E-state index contributed by atoms with van der Waals surface area (Å²) in [6.45, 7) is 13.7. The molecule has 0 spiro atoms. The van der Waals surface area contributed by atoms with Crippen molar-refractivity contribution in [3.05, 3.63) is 52.5 Å². The van der Waals surface area contributed by atoms with Crippen molar-refractivity contribution in [2.45, 2.75) is 33.6 Å². The number of ether oxygens (including phenoxy) is 1. The number of likely N-dealkylation sites (N-methyl/N-ethyl adjacent to an activating group) is 1. The van der Waals surface area contributed by atoms with Gasteiger partial charge in [-0.15, -0.1) is 0 Å². The average Bonchev–Trinajstić information content (AvgIpc) is 2.72. The number of hydrogen-bond donors (Lipinski definition) is 2. The number of nitrogens with one attached hydrogen (secondary N) is 2. The minimum Gasteiger partial charge on any atom is -0.483 e. The van der Waals surface area contributed by atoms with E-state index in [-0.39, 0.29) is 12.5 Å². The smallest absolute Gasteiger partial charge is 0.262 e. The van der Waals surface area contributed by atoms with Gasteiger partial charge in [0.15, 0.2) is 6.61 Å². The highest BCUT2D eigenvalue weighted by Gasteiger charge is 2.21. The first-order chi connectivity index (χ1) is 14.4. The monoisotopic (exact) mass is 430 g/mol. The molecule has 2 N–H and O–H groups in total. The number of amides is 1. The summed E-state index contributed by atoms with van der Waals surface area (Å²) >= 11 is 6.23. The van der Waals surface area contributed by atoms with Gasteiger partial charge in [-0.25, -0.2) is 0 Å². The Bertz CT molecular complexity index is 877. The fourth-order valence-corrected chi connectivity index (χ4v) is 4.05. The highest BCUT2D eigenvalue weighted by molar-refractivity contribution is 6.31. The second-order valence-corrected chi connectivity index (χ2v) is 8.72. The zero-order valence-corrected chi connectivity index (χ0v) is 19.2. The molecule has 1 fully saturated rings. The standard InChI is InChI=1S/C24H32ClN3O2/c1-5-27-10-12-28(13-11-27)22-9-7-19(25)15-21(22)26-24(29)16-30-23-14-18(4)6-8-20(23)17(2)3/h6-9,14-15,17H,5,10-13,16H2,1-4H3,(H,26,29)/p+1. The summed E-state index contributed by atoms with van der Waals surface area (Å²) in [4.78, 5) is 16.6. The summed E-state index contributed by atoms with van der Waals surface area (Å²) in [6, 6.07) is 11.8. The first kappa shape index (κ1) is 22.4. The van der Waals surface area contributed by atoms with E-state index >= 15 is 0 Å². The van der Waals surface area contributed by atoms with Crippen LogP contribution in [0.3, 0.4) is 0 Å². The molecular formula is C24H33ClN3O2+. The quantitative estimate of drug-likeness (QED) is 0.706. The van der Waals surface area contributed by atoms with E-state index in [9.17, 15) is 4.79 Å². The summed E-state index contributed by atoms with van der Waals surface area (Å²) in [5.41, 5.74) is 3.97. The zero-order valence-electron chi connectivity index (χ0n) is 18.4. The van der Waals surface area contributed by atoms with Gasteiger partial charge < -0.3 is 19.9 Å². The number of carbonyl (C=O) groups excluding carboxylic acids is 1. The summed E-state index contributed by atoms with van der Waals surface area (Å²) in [6.07, 6.45) is 0. The van der Waals surface area contributed by atoms with Crippen LogP contribution in [0.5, 0.6) is 5.75 Å². The molecule has 0 aliphatic carbocycles. The van der Waals surface area contributed by atoms with Crippen LogP contribution in [0.2, 0.25) is 5.02 Å². The van der Waals surface area contributed by atoms with Crippen LogP contribution >= 0.6 is 11.6 Å². The van der Waals surface area contributed by atoms with Crippen LogP contribution in [-0.2, 0) is 4.79 Å². The third kappa shape index (κ3) is 5.67. The van der Waals surface area contributed by atoms with Crippen LogP contribution in [0, 0.1) is 6.92 Å². The Labute approximate surface area is 185 Å². The molecule has 0 radical (unpaired) electrons. The third-order valence-corrected chi connectivity index (χ3v) is 5.93. The van der Waals surface area contributed by atoms with E-state index in [1.807, 2.05) is 31.2 Å². The highest BCUT2D eigenvalue weighted by Crippen LogP contribution is 2.30. The molecule has 0 saturated carbocycles. The molecule has 1 heterocycles. The molecule has 1 amide bonds. The maximum atomic E-state index is 12.7. The van der Waals surface area contributed by atoms with Gasteiger partial charge in [-0.2, -0.15) is 0 Å². The van der Waals surface area contributed by atoms with Gasteiger partial charge in [-0.1, -0.05) is 37.6 Å². The van der Waals surface area contributed by atoms with Gasteiger partial charge in [-0.3, -0.25) is 4.79 Å². The number of carbonyl (C=O) groups is 1. The van der Waals surface area contributed by atoms with Crippen LogP contribution < -0.4 is 19.9 Å². The number of quaternary nitrogens is 1. The molecule has 1 saturated heterocycles. The number of benzene rings is 2. The molecule has 1 aliphatic heterocycles. The SMILES string of the molecule is CC[NH+]1CCN(c2ccc(Cl)cc2NC(=O)COc2cc(C)ccc2C(C)C)CC1. The third-order valence-electron chi connectivity index (χ3n) is 5.69. The van der Waals surface area contributed by atoms with Crippen LogP contribution in [0.4, 0.5) is 11.4 Å².